The van der Waals surface area contributed by atoms with E-state index in [9.17, 15) is 39.6 Å². The van der Waals surface area contributed by atoms with Crippen LogP contribution in [0.4, 0.5) is 0 Å². The average Bonchev–Trinajstić information content (AvgIpc) is 3.10. The fourth-order valence-electron chi connectivity index (χ4n) is 4.28. The molecule has 0 unspecified atom stereocenters. The van der Waals surface area contributed by atoms with Gasteiger partial charge in [-0.2, -0.15) is 0 Å². The number of carbonyl (C=O) groups is 4. The second-order valence-electron chi connectivity index (χ2n) is 11.5. The van der Waals surface area contributed by atoms with Gasteiger partial charge in [-0.3, -0.25) is 19.2 Å². The molecule has 4 N–H and O–H groups in total. The highest BCUT2D eigenvalue weighted by Crippen LogP contribution is 2.34. The largest absolute Gasteiger partial charge is 0.493 e. The predicted molar refractivity (Wildman–Crippen MR) is 173 cm³/mol. The summed E-state index contributed by atoms with van der Waals surface area (Å²) >= 11 is 0. The van der Waals surface area contributed by atoms with Crippen LogP contribution in [0.25, 0.3) is 12.2 Å². The van der Waals surface area contributed by atoms with Gasteiger partial charge in [-0.25, -0.2) is 0 Å². The number of esters is 2. The number of methoxy groups -OCH3 is 2. The highest BCUT2D eigenvalue weighted by atomic mass is 16.6. The van der Waals surface area contributed by atoms with Gasteiger partial charge in [0.2, 0.25) is 0 Å². The molecule has 2 aromatic carbocycles. The highest BCUT2D eigenvalue weighted by Gasteiger charge is 2.39. The van der Waals surface area contributed by atoms with Crippen molar-refractivity contribution < 1.29 is 58.6 Å². The van der Waals surface area contributed by atoms with E-state index in [4.69, 9.17) is 18.9 Å². The second kappa shape index (κ2) is 17.0. The van der Waals surface area contributed by atoms with E-state index in [0.717, 1.165) is 0 Å². The molecule has 0 radical (unpaired) electrons. The van der Waals surface area contributed by atoms with Crippen LogP contribution in [0.5, 0.6) is 23.0 Å². The van der Waals surface area contributed by atoms with E-state index in [1.54, 1.807) is 26.0 Å². The van der Waals surface area contributed by atoms with Gasteiger partial charge in [0.05, 0.1) is 46.1 Å². The molecule has 0 saturated carbocycles. The molecule has 0 aliphatic rings. The lowest BCUT2D eigenvalue weighted by Gasteiger charge is -2.25. The zero-order valence-electron chi connectivity index (χ0n) is 27.6. The van der Waals surface area contributed by atoms with Crippen molar-refractivity contribution in [1.29, 1.82) is 0 Å². The van der Waals surface area contributed by atoms with Crippen molar-refractivity contribution in [3.63, 3.8) is 0 Å². The number of rotatable bonds is 18. The summed E-state index contributed by atoms with van der Waals surface area (Å²) in [5, 5.41) is 37.9. The standard InChI is InChI=1S/C35H44O12/c1-7-35(8-2,29(40)15-11-23-9-13-25(27(17-23)44-5)46-31(42)33(3,19-36)20-37)30(41)16-12-24-10-14-26(28(18-24)45-6)47-32(43)34(4,21-38)22-39/h9-18,36-39H,7-8,19-22H2,1-6H3/b15-11+,16-12+. The molecule has 0 heterocycles. The molecule has 2 rings (SSSR count). The maximum Gasteiger partial charge on any atom is 0.322 e. The minimum atomic E-state index is -1.50. The Hall–Kier alpha value is -4.36. The van der Waals surface area contributed by atoms with Gasteiger partial charge in [-0.1, -0.05) is 38.1 Å². The third kappa shape index (κ3) is 8.92. The van der Waals surface area contributed by atoms with Gasteiger partial charge in [-0.15, -0.1) is 0 Å². The SMILES string of the molecule is CCC(CC)(C(=O)/C=C/c1ccc(OC(=O)C(C)(CO)CO)c(OC)c1)C(=O)/C=C/c1ccc(OC(=O)C(C)(CO)CO)c(OC)c1. The Morgan fingerprint density at radius 2 is 0.957 bits per heavy atom. The molecule has 0 fully saturated rings. The smallest absolute Gasteiger partial charge is 0.322 e. The first-order chi connectivity index (χ1) is 22.3. The molecule has 0 aliphatic carbocycles. The third-order valence-corrected chi connectivity index (χ3v) is 8.17. The molecule has 0 saturated heterocycles. The number of hydrogen-bond acceptors (Lipinski definition) is 12. The Morgan fingerprint density at radius 1 is 0.617 bits per heavy atom. The van der Waals surface area contributed by atoms with Crippen molar-refractivity contribution in [2.75, 3.05) is 40.6 Å². The summed E-state index contributed by atoms with van der Waals surface area (Å²) in [6, 6.07) is 9.13. The van der Waals surface area contributed by atoms with Gasteiger partial charge in [0, 0.05) is 0 Å². The zero-order chi connectivity index (χ0) is 35.4. The van der Waals surface area contributed by atoms with E-state index in [0.29, 0.717) is 11.1 Å². The molecule has 2 aromatic rings. The number of allylic oxidation sites excluding steroid dienone is 2. The number of carbonyl (C=O) groups excluding carboxylic acids is 4. The van der Waals surface area contributed by atoms with Crippen molar-refractivity contribution in [1.82, 2.24) is 0 Å². The van der Waals surface area contributed by atoms with Crippen LogP contribution in [0.2, 0.25) is 0 Å². The van der Waals surface area contributed by atoms with E-state index >= 15 is 0 Å². The first kappa shape index (κ1) is 38.8. The molecule has 12 nitrogen and oxygen atoms in total. The lowest BCUT2D eigenvalue weighted by molar-refractivity contribution is -0.151. The van der Waals surface area contributed by atoms with Crippen molar-refractivity contribution in [3.05, 3.63) is 59.7 Å². The predicted octanol–water partition coefficient (Wildman–Crippen LogP) is 3.17. The minimum absolute atomic E-state index is 0.0579. The number of benzene rings is 2. The number of aliphatic hydroxyl groups is 4. The van der Waals surface area contributed by atoms with Crippen molar-refractivity contribution in [3.8, 4) is 23.0 Å². The minimum Gasteiger partial charge on any atom is -0.493 e. The molecule has 0 amide bonds. The fraction of sp³-hybridized carbons (Fsp3) is 0.429. The van der Waals surface area contributed by atoms with E-state index in [2.05, 4.69) is 0 Å². The quantitative estimate of drug-likeness (QED) is 0.0796. The van der Waals surface area contributed by atoms with E-state index in [1.807, 2.05) is 0 Å². The topological polar surface area (TPSA) is 186 Å². The maximum absolute atomic E-state index is 13.5. The molecular formula is C35H44O12. The monoisotopic (exact) mass is 656 g/mol. The van der Waals surface area contributed by atoms with Gasteiger partial charge in [0.15, 0.2) is 34.6 Å². The molecule has 0 atom stereocenters. The van der Waals surface area contributed by atoms with Gasteiger partial charge >= 0.3 is 11.9 Å². The molecule has 47 heavy (non-hydrogen) atoms. The Labute approximate surface area is 274 Å². The third-order valence-electron chi connectivity index (χ3n) is 8.17. The lowest BCUT2D eigenvalue weighted by Crippen LogP contribution is -2.38. The number of ether oxygens (including phenoxy) is 4. The summed E-state index contributed by atoms with van der Waals surface area (Å²) < 4.78 is 21.3. The van der Waals surface area contributed by atoms with Crippen LogP contribution in [0.15, 0.2) is 48.6 Å². The summed E-state index contributed by atoms with van der Waals surface area (Å²) in [4.78, 5) is 51.9. The lowest BCUT2D eigenvalue weighted by atomic mass is 9.74. The Kier molecular flexibility index (Phi) is 14.0. The van der Waals surface area contributed by atoms with Crippen molar-refractivity contribution >= 4 is 35.7 Å². The van der Waals surface area contributed by atoms with E-state index in [-0.39, 0.29) is 35.8 Å². The average molecular weight is 657 g/mol. The molecule has 0 aliphatic heterocycles. The highest BCUT2D eigenvalue weighted by molar-refractivity contribution is 6.17. The fourth-order valence-corrected chi connectivity index (χ4v) is 4.28. The van der Waals surface area contributed by atoms with Crippen LogP contribution in [0.3, 0.4) is 0 Å². The summed E-state index contributed by atoms with van der Waals surface area (Å²) in [7, 11) is 2.74. The molecule has 12 heteroatoms. The van der Waals surface area contributed by atoms with Gasteiger partial charge < -0.3 is 39.4 Å². The normalized spacial score (nSPS) is 12.3. The van der Waals surface area contributed by atoms with Crippen LogP contribution >= 0.6 is 0 Å². The number of hydrogen-bond donors (Lipinski definition) is 4. The summed E-state index contributed by atoms with van der Waals surface area (Å²) in [5.41, 5.74) is -3.30. The van der Waals surface area contributed by atoms with Crippen LogP contribution in [0, 0.1) is 16.2 Å². The summed E-state index contributed by atoms with van der Waals surface area (Å²) in [6.45, 7) is 3.74. The zero-order valence-corrected chi connectivity index (χ0v) is 27.6. The van der Waals surface area contributed by atoms with Crippen LogP contribution in [0.1, 0.15) is 51.7 Å². The second-order valence-corrected chi connectivity index (χ2v) is 11.5. The van der Waals surface area contributed by atoms with Gasteiger partial charge in [0.1, 0.15) is 10.8 Å². The molecule has 0 aromatic heterocycles. The van der Waals surface area contributed by atoms with Crippen LogP contribution in [-0.2, 0) is 19.2 Å². The first-order valence-electron chi connectivity index (χ1n) is 15.0. The summed E-state index contributed by atoms with van der Waals surface area (Å²) in [5.74, 6) is -2.05. The van der Waals surface area contributed by atoms with E-state index in [1.165, 1.54) is 76.6 Å². The number of ketones is 2. The Morgan fingerprint density at radius 3 is 1.23 bits per heavy atom. The van der Waals surface area contributed by atoms with Crippen molar-refractivity contribution in [2.24, 2.45) is 16.2 Å². The van der Waals surface area contributed by atoms with Crippen molar-refractivity contribution in [2.45, 2.75) is 40.5 Å². The van der Waals surface area contributed by atoms with Gasteiger partial charge in [-0.05, 0) is 74.2 Å². The molecular weight excluding hydrogens is 612 g/mol. The van der Waals surface area contributed by atoms with E-state index < -0.39 is 66.2 Å². The van der Waals surface area contributed by atoms with Gasteiger partial charge in [0.25, 0.3) is 0 Å². The molecule has 256 valence electrons. The maximum atomic E-state index is 13.5. The number of aliphatic hydroxyl groups excluding tert-OH is 4. The Balaban J connectivity index is 2.27. The Bertz CT molecular complexity index is 1370. The summed E-state index contributed by atoms with van der Waals surface area (Å²) in [6.07, 6.45) is 6.12. The molecule has 0 spiro atoms. The first-order valence-corrected chi connectivity index (χ1v) is 15.0. The molecule has 0 bridgehead atoms. The van der Waals surface area contributed by atoms with Crippen LogP contribution in [-0.4, -0.2) is 84.6 Å². The van der Waals surface area contributed by atoms with Crippen LogP contribution < -0.4 is 18.9 Å².